The molecule has 0 bridgehead atoms. The van der Waals surface area contributed by atoms with Crippen LogP contribution in [0.5, 0.6) is 0 Å². The molecule has 1 aliphatic heterocycles. The summed E-state index contributed by atoms with van der Waals surface area (Å²) in [6.07, 6.45) is 0. The molecule has 0 saturated carbocycles. The van der Waals surface area contributed by atoms with Gasteiger partial charge in [-0.15, -0.1) is 0 Å². The predicted molar refractivity (Wildman–Crippen MR) is 58.0 cm³/mol. The maximum Gasteiger partial charge on any atom is 0.292 e. The molecule has 0 spiro atoms. The smallest absolute Gasteiger partial charge is 0.292 e. The standard InChI is InChI=1S/C10H13N3O2/c1-7-2-3-9(10(4-7)13(14)15)12-5-8(11)6-12/h2-4,8H,5-6,11H2,1H3. The molecule has 5 nitrogen and oxygen atoms in total. The van der Waals surface area contributed by atoms with E-state index in [9.17, 15) is 10.1 Å². The third kappa shape index (κ3) is 1.78. The molecular formula is C10H13N3O2. The van der Waals surface area contributed by atoms with Gasteiger partial charge in [-0.1, -0.05) is 6.07 Å². The van der Waals surface area contributed by atoms with Gasteiger partial charge in [0.1, 0.15) is 5.69 Å². The summed E-state index contributed by atoms with van der Waals surface area (Å²) in [5.41, 5.74) is 7.39. The zero-order valence-electron chi connectivity index (χ0n) is 8.51. The lowest BCUT2D eigenvalue weighted by atomic mass is 10.1. The van der Waals surface area contributed by atoms with Crippen molar-refractivity contribution in [1.29, 1.82) is 0 Å². The lowest BCUT2D eigenvalue weighted by Crippen LogP contribution is -2.56. The number of hydrogen-bond acceptors (Lipinski definition) is 4. The summed E-state index contributed by atoms with van der Waals surface area (Å²) < 4.78 is 0. The molecule has 0 atom stereocenters. The number of benzene rings is 1. The van der Waals surface area contributed by atoms with Gasteiger partial charge < -0.3 is 10.6 Å². The quantitative estimate of drug-likeness (QED) is 0.581. The molecule has 2 rings (SSSR count). The topological polar surface area (TPSA) is 72.4 Å². The van der Waals surface area contributed by atoms with Crippen LogP contribution in [0.15, 0.2) is 18.2 Å². The van der Waals surface area contributed by atoms with Crippen LogP contribution in [-0.4, -0.2) is 24.1 Å². The third-order valence-corrected chi connectivity index (χ3v) is 2.58. The highest BCUT2D eigenvalue weighted by molar-refractivity contribution is 5.65. The Balaban J connectivity index is 2.34. The second kappa shape index (κ2) is 3.51. The van der Waals surface area contributed by atoms with Gasteiger partial charge >= 0.3 is 0 Å². The van der Waals surface area contributed by atoms with Crippen molar-refractivity contribution in [2.24, 2.45) is 5.73 Å². The largest absolute Gasteiger partial charge is 0.363 e. The van der Waals surface area contributed by atoms with E-state index in [1.807, 2.05) is 17.9 Å². The first-order valence-corrected chi connectivity index (χ1v) is 4.83. The lowest BCUT2D eigenvalue weighted by molar-refractivity contribution is -0.384. The zero-order chi connectivity index (χ0) is 11.0. The van der Waals surface area contributed by atoms with Gasteiger partial charge in [0.25, 0.3) is 5.69 Å². The average molecular weight is 207 g/mol. The molecule has 1 saturated heterocycles. The van der Waals surface area contributed by atoms with Crippen LogP contribution in [0.3, 0.4) is 0 Å². The molecule has 1 aliphatic rings. The van der Waals surface area contributed by atoms with Crippen LogP contribution in [0.25, 0.3) is 0 Å². The van der Waals surface area contributed by atoms with Gasteiger partial charge in [0.15, 0.2) is 0 Å². The van der Waals surface area contributed by atoms with E-state index in [-0.39, 0.29) is 16.7 Å². The van der Waals surface area contributed by atoms with Gasteiger partial charge in [-0.3, -0.25) is 10.1 Å². The van der Waals surface area contributed by atoms with Crippen LogP contribution in [0, 0.1) is 17.0 Å². The average Bonchev–Trinajstić information content (AvgIpc) is 2.13. The number of nitro benzene ring substituents is 1. The van der Waals surface area contributed by atoms with Crippen LogP contribution in [0.4, 0.5) is 11.4 Å². The molecule has 1 fully saturated rings. The lowest BCUT2D eigenvalue weighted by Gasteiger charge is -2.38. The minimum atomic E-state index is -0.341. The minimum Gasteiger partial charge on any atom is -0.363 e. The number of hydrogen-bond donors (Lipinski definition) is 1. The van der Waals surface area contributed by atoms with Crippen LogP contribution < -0.4 is 10.6 Å². The molecular weight excluding hydrogens is 194 g/mol. The van der Waals surface area contributed by atoms with E-state index in [1.54, 1.807) is 12.1 Å². The Morgan fingerprint density at radius 3 is 2.73 bits per heavy atom. The summed E-state index contributed by atoms with van der Waals surface area (Å²) in [5, 5.41) is 10.8. The van der Waals surface area contributed by atoms with Gasteiger partial charge in [-0.05, 0) is 18.6 Å². The summed E-state index contributed by atoms with van der Waals surface area (Å²) in [4.78, 5) is 12.4. The first kappa shape index (κ1) is 9.92. The van der Waals surface area contributed by atoms with Crippen molar-refractivity contribution in [1.82, 2.24) is 0 Å². The number of nitro groups is 1. The summed E-state index contributed by atoms with van der Waals surface area (Å²) >= 11 is 0. The zero-order valence-corrected chi connectivity index (χ0v) is 8.51. The van der Waals surface area contributed by atoms with E-state index in [1.165, 1.54) is 0 Å². The number of nitrogens with two attached hydrogens (primary N) is 1. The minimum absolute atomic E-state index is 0.144. The Morgan fingerprint density at radius 1 is 1.53 bits per heavy atom. The van der Waals surface area contributed by atoms with Gasteiger partial charge in [-0.25, -0.2) is 0 Å². The molecule has 5 heteroatoms. The van der Waals surface area contributed by atoms with Crippen molar-refractivity contribution in [3.63, 3.8) is 0 Å². The summed E-state index contributed by atoms with van der Waals surface area (Å²) in [7, 11) is 0. The first-order chi connectivity index (χ1) is 7.08. The van der Waals surface area contributed by atoms with Crippen LogP contribution in [-0.2, 0) is 0 Å². The second-order valence-electron chi connectivity index (χ2n) is 3.91. The molecule has 0 aliphatic carbocycles. The maximum atomic E-state index is 10.8. The molecule has 2 N–H and O–H groups in total. The van der Waals surface area contributed by atoms with Crippen molar-refractivity contribution in [3.05, 3.63) is 33.9 Å². The fourth-order valence-corrected chi connectivity index (χ4v) is 1.76. The normalized spacial score (nSPS) is 16.3. The fourth-order valence-electron chi connectivity index (χ4n) is 1.76. The van der Waals surface area contributed by atoms with Crippen LogP contribution >= 0.6 is 0 Å². The highest BCUT2D eigenvalue weighted by Crippen LogP contribution is 2.31. The predicted octanol–water partition coefficient (Wildman–Crippen LogP) is 1.05. The number of anilines is 1. The molecule has 0 unspecified atom stereocenters. The first-order valence-electron chi connectivity index (χ1n) is 4.83. The molecule has 0 aromatic heterocycles. The van der Waals surface area contributed by atoms with E-state index in [0.29, 0.717) is 18.8 Å². The van der Waals surface area contributed by atoms with Crippen molar-refractivity contribution in [2.45, 2.75) is 13.0 Å². The SMILES string of the molecule is Cc1ccc(N2CC(N)C2)c([N+](=O)[O-])c1. The Bertz CT molecular complexity index is 400. The van der Waals surface area contributed by atoms with Crippen molar-refractivity contribution in [2.75, 3.05) is 18.0 Å². The molecule has 1 aromatic rings. The highest BCUT2D eigenvalue weighted by atomic mass is 16.6. The number of rotatable bonds is 2. The fraction of sp³-hybridized carbons (Fsp3) is 0.400. The Kier molecular flexibility index (Phi) is 2.32. The van der Waals surface area contributed by atoms with Gasteiger partial charge in [0.2, 0.25) is 0 Å². The van der Waals surface area contributed by atoms with Gasteiger partial charge in [0.05, 0.1) is 4.92 Å². The van der Waals surface area contributed by atoms with Crippen molar-refractivity contribution in [3.8, 4) is 0 Å². The van der Waals surface area contributed by atoms with Crippen LogP contribution in [0.2, 0.25) is 0 Å². The van der Waals surface area contributed by atoms with E-state index >= 15 is 0 Å². The number of nitrogens with zero attached hydrogens (tertiary/aromatic N) is 2. The molecule has 80 valence electrons. The maximum absolute atomic E-state index is 10.8. The molecule has 15 heavy (non-hydrogen) atoms. The second-order valence-corrected chi connectivity index (χ2v) is 3.91. The monoisotopic (exact) mass is 207 g/mol. The molecule has 1 aromatic carbocycles. The summed E-state index contributed by atoms with van der Waals surface area (Å²) in [6.45, 7) is 3.24. The third-order valence-electron chi connectivity index (χ3n) is 2.58. The number of aryl methyl sites for hydroxylation is 1. The Morgan fingerprint density at radius 2 is 2.20 bits per heavy atom. The van der Waals surface area contributed by atoms with E-state index < -0.39 is 0 Å². The van der Waals surface area contributed by atoms with Crippen LogP contribution in [0.1, 0.15) is 5.56 Å². The highest BCUT2D eigenvalue weighted by Gasteiger charge is 2.28. The van der Waals surface area contributed by atoms with Crippen molar-refractivity contribution < 1.29 is 4.92 Å². The Labute approximate surface area is 87.6 Å². The summed E-state index contributed by atoms with van der Waals surface area (Å²) in [6, 6.07) is 5.41. The van der Waals surface area contributed by atoms with Crippen molar-refractivity contribution >= 4 is 11.4 Å². The van der Waals surface area contributed by atoms with Gasteiger partial charge in [0, 0.05) is 25.2 Å². The summed E-state index contributed by atoms with van der Waals surface area (Å²) in [5.74, 6) is 0. The Hall–Kier alpha value is -1.62. The van der Waals surface area contributed by atoms with Gasteiger partial charge in [-0.2, -0.15) is 0 Å². The van der Waals surface area contributed by atoms with E-state index in [4.69, 9.17) is 5.73 Å². The molecule has 0 radical (unpaired) electrons. The van der Waals surface area contributed by atoms with E-state index in [2.05, 4.69) is 0 Å². The molecule has 0 amide bonds. The van der Waals surface area contributed by atoms with E-state index in [0.717, 1.165) is 5.56 Å². The molecule has 1 heterocycles.